The molecule has 0 atom stereocenters. The molecule has 0 aliphatic carbocycles. The van der Waals surface area contributed by atoms with Crippen LogP contribution in [0.3, 0.4) is 0 Å². The van der Waals surface area contributed by atoms with Crippen molar-refractivity contribution >= 4 is 12.2 Å². The molecule has 1 rings (SSSR count). The lowest BCUT2D eigenvalue weighted by molar-refractivity contribution is 1.30. The number of nitrogens with one attached hydrogen (secondary N) is 1. The van der Waals surface area contributed by atoms with Crippen molar-refractivity contribution in [2.45, 2.75) is 34.6 Å². The molecule has 1 aromatic heterocycles. The first-order valence-electron chi connectivity index (χ1n) is 5.05. The Morgan fingerprint density at radius 2 is 2.00 bits per heavy atom. The van der Waals surface area contributed by atoms with Gasteiger partial charge in [-0.1, -0.05) is 25.5 Å². The summed E-state index contributed by atoms with van der Waals surface area (Å²) in [5, 5.41) is 0. The Morgan fingerprint density at radius 3 is 2.50 bits per heavy atom. The maximum absolute atomic E-state index is 4.17. The van der Waals surface area contributed by atoms with Crippen molar-refractivity contribution in [3.63, 3.8) is 0 Å². The minimum atomic E-state index is 0.999. The van der Waals surface area contributed by atoms with Gasteiger partial charge >= 0.3 is 0 Å². The van der Waals surface area contributed by atoms with E-state index < -0.39 is 0 Å². The highest BCUT2D eigenvalue weighted by atomic mass is 14.9. The molecule has 1 aromatic rings. The average molecular weight is 192 g/mol. The minimum Gasteiger partial charge on any atom is -0.345 e. The molecule has 0 saturated carbocycles. The summed E-state index contributed by atoms with van der Waals surface area (Å²) >= 11 is 0. The Hall–Kier alpha value is -1.31. The van der Waals surface area contributed by atoms with Gasteiger partial charge in [0.25, 0.3) is 0 Å². The maximum Gasteiger partial charge on any atom is 0.0931 e. The van der Waals surface area contributed by atoms with Gasteiger partial charge in [-0.25, -0.2) is 4.98 Å². The van der Waals surface area contributed by atoms with Gasteiger partial charge in [0.1, 0.15) is 0 Å². The van der Waals surface area contributed by atoms with Gasteiger partial charge in [-0.3, -0.25) is 0 Å². The van der Waals surface area contributed by atoms with Crippen molar-refractivity contribution in [2.24, 2.45) is 0 Å². The van der Waals surface area contributed by atoms with Gasteiger partial charge in [-0.05, 0) is 32.9 Å². The Morgan fingerprint density at radius 1 is 1.36 bits per heavy atom. The van der Waals surface area contributed by atoms with Gasteiger partial charge in [-0.15, -0.1) is 0 Å². The van der Waals surface area contributed by atoms with E-state index in [1.165, 1.54) is 5.57 Å². The number of rotatable bonds is 2. The molecule has 0 aromatic carbocycles. The molecule has 14 heavy (non-hydrogen) atoms. The molecule has 0 spiro atoms. The van der Waals surface area contributed by atoms with Gasteiger partial charge < -0.3 is 4.98 Å². The van der Waals surface area contributed by atoms with Crippen molar-refractivity contribution in [2.75, 3.05) is 0 Å². The molecular formula is C12H20N2. The van der Waals surface area contributed by atoms with Crippen LogP contribution < -0.4 is 0 Å². The Bertz CT molecular complexity index is 302. The van der Waals surface area contributed by atoms with Gasteiger partial charge in [0, 0.05) is 0 Å². The number of hydrogen-bond donors (Lipinski definition) is 1. The van der Waals surface area contributed by atoms with Crippen LogP contribution in [-0.2, 0) is 0 Å². The van der Waals surface area contributed by atoms with E-state index in [1.54, 1.807) is 6.33 Å². The van der Waals surface area contributed by atoms with E-state index >= 15 is 0 Å². The van der Waals surface area contributed by atoms with Crippen LogP contribution in [0.5, 0.6) is 0 Å². The van der Waals surface area contributed by atoms with Crippen molar-refractivity contribution in [1.82, 2.24) is 9.97 Å². The molecule has 0 bridgehead atoms. The highest BCUT2D eigenvalue weighted by molar-refractivity contribution is 5.60. The van der Waals surface area contributed by atoms with Gasteiger partial charge in [0.15, 0.2) is 0 Å². The lowest BCUT2D eigenvalue weighted by atomic mass is 10.2. The highest BCUT2D eigenvalue weighted by Gasteiger charge is 1.96. The SMILES string of the molecule is C/C=C\c1nc[nH]c1C=C(C)C.CC. The largest absolute Gasteiger partial charge is 0.345 e. The molecule has 0 unspecified atom stereocenters. The molecule has 0 fully saturated rings. The topological polar surface area (TPSA) is 28.7 Å². The van der Waals surface area contributed by atoms with E-state index in [4.69, 9.17) is 0 Å². The van der Waals surface area contributed by atoms with Gasteiger partial charge in [0.05, 0.1) is 17.7 Å². The number of allylic oxidation sites excluding steroid dienone is 2. The third kappa shape index (κ3) is 4.08. The van der Waals surface area contributed by atoms with Crippen molar-refractivity contribution < 1.29 is 0 Å². The summed E-state index contributed by atoms with van der Waals surface area (Å²) in [5.41, 5.74) is 3.34. The zero-order chi connectivity index (χ0) is 11.0. The molecule has 0 saturated heterocycles. The van der Waals surface area contributed by atoms with Crippen LogP contribution >= 0.6 is 0 Å². The molecule has 0 amide bonds. The first kappa shape index (κ1) is 12.7. The summed E-state index contributed by atoms with van der Waals surface area (Å²) in [6.45, 7) is 10.1. The first-order chi connectivity index (χ1) is 6.74. The van der Waals surface area contributed by atoms with Crippen molar-refractivity contribution in [1.29, 1.82) is 0 Å². The Kier molecular flexibility index (Phi) is 6.46. The second-order valence-electron chi connectivity index (χ2n) is 2.92. The van der Waals surface area contributed by atoms with Crippen LogP contribution in [0, 0.1) is 0 Å². The van der Waals surface area contributed by atoms with E-state index in [0.717, 1.165) is 11.4 Å². The van der Waals surface area contributed by atoms with Crippen molar-refractivity contribution in [3.8, 4) is 0 Å². The predicted molar refractivity (Wildman–Crippen MR) is 64.0 cm³/mol. The Balaban J connectivity index is 0.000000791. The number of hydrogen-bond acceptors (Lipinski definition) is 1. The molecular weight excluding hydrogens is 172 g/mol. The standard InChI is InChI=1S/C10H14N2.C2H6/c1-4-5-9-10(6-8(2)3)12-7-11-9;1-2/h4-7H,1-3H3,(H,11,12);1-2H3/b5-4-;. The summed E-state index contributed by atoms with van der Waals surface area (Å²) in [6, 6.07) is 0. The van der Waals surface area contributed by atoms with Crippen molar-refractivity contribution in [3.05, 3.63) is 29.4 Å². The predicted octanol–water partition coefficient (Wildman–Crippen LogP) is 3.89. The summed E-state index contributed by atoms with van der Waals surface area (Å²) < 4.78 is 0. The molecule has 0 radical (unpaired) electrons. The van der Waals surface area contributed by atoms with Crippen LogP contribution in [0.1, 0.15) is 46.0 Å². The number of aromatic nitrogens is 2. The quantitative estimate of drug-likeness (QED) is 0.756. The normalized spacial score (nSPS) is 9.50. The molecule has 2 nitrogen and oxygen atoms in total. The Labute approximate surface area is 86.8 Å². The molecule has 0 aliphatic heterocycles. The summed E-state index contributed by atoms with van der Waals surface area (Å²) in [4.78, 5) is 7.26. The lowest BCUT2D eigenvalue weighted by Gasteiger charge is -1.91. The smallest absolute Gasteiger partial charge is 0.0931 e. The number of imidazole rings is 1. The molecule has 78 valence electrons. The molecule has 1 heterocycles. The minimum absolute atomic E-state index is 0.999. The van der Waals surface area contributed by atoms with Crippen LogP contribution in [-0.4, -0.2) is 9.97 Å². The number of H-pyrrole nitrogens is 1. The van der Waals surface area contributed by atoms with E-state index in [0.29, 0.717) is 0 Å². The van der Waals surface area contributed by atoms with Crippen LogP contribution in [0.2, 0.25) is 0 Å². The second kappa shape index (κ2) is 7.13. The summed E-state index contributed by atoms with van der Waals surface area (Å²) in [7, 11) is 0. The molecule has 2 heteroatoms. The fourth-order valence-electron chi connectivity index (χ4n) is 1.01. The monoisotopic (exact) mass is 192 g/mol. The van der Waals surface area contributed by atoms with Gasteiger partial charge in [0.2, 0.25) is 0 Å². The van der Waals surface area contributed by atoms with Crippen LogP contribution in [0.15, 0.2) is 18.0 Å². The summed E-state index contributed by atoms with van der Waals surface area (Å²) in [6.07, 6.45) is 7.77. The van der Waals surface area contributed by atoms with E-state index in [2.05, 4.69) is 29.9 Å². The fraction of sp³-hybridized carbons (Fsp3) is 0.417. The fourth-order valence-corrected chi connectivity index (χ4v) is 1.01. The van der Waals surface area contributed by atoms with E-state index in [-0.39, 0.29) is 0 Å². The number of aromatic amines is 1. The lowest BCUT2D eigenvalue weighted by Crippen LogP contribution is -1.77. The van der Waals surface area contributed by atoms with E-state index in [1.807, 2.05) is 32.9 Å². The summed E-state index contributed by atoms with van der Waals surface area (Å²) in [5.74, 6) is 0. The maximum atomic E-state index is 4.17. The molecule has 1 N–H and O–H groups in total. The zero-order valence-corrected chi connectivity index (χ0v) is 9.76. The molecule has 0 aliphatic rings. The highest BCUT2D eigenvalue weighted by Crippen LogP contribution is 2.09. The van der Waals surface area contributed by atoms with E-state index in [9.17, 15) is 0 Å². The third-order valence-corrected chi connectivity index (χ3v) is 1.46. The zero-order valence-electron chi connectivity index (χ0n) is 9.76. The van der Waals surface area contributed by atoms with Crippen LogP contribution in [0.25, 0.3) is 12.2 Å². The van der Waals surface area contributed by atoms with Crippen LogP contribution in [0.4, 0.5) is 0 Å². The van der Waals surface area contributed by atoms with Gasteiger partial charge in [-0.2, -0.15) is 0 Å². The average Bonchev–Trinajstić information content (AvgIpc) is 2.56. The number of nitrogens with zero attached hydrogens (tertiary/aromatic N) is 1. The second-order valence-corrected chi connectivity index (χ2v) is 2.92. The third-order valence-electron chi connectivity index (χ3n) is 1.46. The first-order valence-corrected chi connectivity index (χ1v) is 5.05.